The average Bonchev–Trinajstić information content (AvgIpc) is 2.95. The number of aromatic nitrogens is 2. The number of halogens is 2. The Morgan fingerprint density at radius 2 is 1.79 bits per heavy atom. The number of anilines is 2. The van der Waals surface area contributed by atoms with Crippen LogP contribution in [0.5, 0.6) is 11.5 Å². The number of carbonyl (C=O) groups excluding carboxylic acids is 2. The molecule has 0 aliphatic heterocycles. The van der Waals surface area contributed by atoms with Crippen LogP contribution < -0.4 is 19.7 Å². The van der Waals surface area contributed by atoms with Crippen molar-refractivity contribution in [3.8, 4) is 11.5 Å². The summed E-state index contributed by atoms with van der Waals surface area (Å²) in [6.07, 6.45) is 4.11. The van der Waals surface area contributed by atoms with Gasteiger partial charge in [0.2, 0.25) is 11.8 Å². The first kappa shape index (κ1) is 29.9. The number of aliphatic hydroxyl groups excluding tert-OH is 1. The molecule has 2 N–H and O–H groups in total. The number of nitrogens with zero attached hydrogens (tertiary/aromatic N) is 3. The molecule has 0 aliphatic carbocycles. The van der Waals surface area contributed by atoms with Gasteiger partial charge in [0.15, 0.2) is 0 Å². The summed E-state index contributed by atoms with van der Waals surface area (Å²) in [6, 6.07) is 8.99. The van der Waals surface area contributed by atoms with Gasteiger partial charge >= 0.3 is 0 Å². The van der Waals surface area contributed by atoms with Gasteiger partial charge in [0, 0.05) is 43.5 Å². The predicted molar refractivity (Wildman–Crippen MR) is 152 cm³/mol. The van der Waals surface area contributed by atoms with Crippen LogP contribution in [0, 0.1) is 0 Å². The maximum absolute atomic E-state index is 13.2. The monoisotopic (exact) mass is 572 g/mol. The summed E-state index contributed by atoms with van der Waals surface area (Å²) in [5.74, 6) is 0.411. The molecule has 1 heterocycles. The number of carbonyl (C=O) groups is 2. The van der Waals surface area contributed by atoms with Crippen molar-refractivity contribution in [3.05, 3.63) is 81.7 Å². The molecule has 0 saturated heterocycles. The molecule has 1 aromatic heterocycles. The van der Waals surface area contributed by atoms with E-state index in [1.165, 1.54) is 31.5 Å². The third kappa shape index (κ3) is 7.47. The van der Waals surface area contributed by atoms with Gasteiger partial charge in [-0.25, -0.2) is 9.97 Å². The second-order valence-electron chi connectivity index (χ2n) is 8.57. The van der Waals surface area contributed by atoms with Crippen LogP contribution in [0.2, 0.25) is 10.0 Å². The Balaban J connectivity index is 1.85. The van der Waals surface area contributed by atoms with Crippen molar-refractivity contribution < 1.29 is 24.2 Å². The Bertz CT molecular complexity index is 1340. The fourth-order valence-electron chi connectivity index (χ4n) is 3.87. The largest absolute Gasteiger partial charge is 0.495 e. The molecule has 206 valence electrons. The van der Waals surface area contributed by atoms with E-state index in [0.717, 1.165) is 11.1 Å². The molecule has 0 aliphatic rings. The van der Waals surface area contributed by atoms with Gasteiger partial charge in [-0.1, -0.05) is 41.9 Å². The van der Waals surface area contributed by atoms with Crippen molar-refractivity contribution in [3.63, 3.8) is 0 Å². The van der Waals surface area contributed by atoms with Crippen LogP contribution in [-0.2, 0) is 28.9 Å². The van der Waals surface area contributed by atoms with Gasteiger partial charge in [-0.2, -0.15) is 0 Å². The van der Waals surface area contributed by atoms with Crippen molar-refractivity contribution in [1.82, 2.24) is 9.97 Å². The maximum Gasteiger partial charge on any atom is 0.247 e. The highest BCUT2D eigenvalue weighted by molar-refractivity contribution is 6.38. The summed E-state index contributed by atoms with van der Waals surface area (Å²) in [6.45, 7) is 3.60. The molecule has 0 bridgehead atoms. The minimum atomic E-state index is -0.337. The van der Waals surface area contributed by atoms with E-state index in [1.807, 2.05) is 18.2 Å². The van der Waals surface area contributed by atoms with Gasteiger partial charge in [-0.3, -0.25) is 14.5 Å². The normalized spacial score (nSPS) is 10.6. The van der Waals surface area contributed by atoms with Crippen LogP contribution in [-0.4, -0.2) is 54.8 Å². The Morgan fingerprint density at radius 3 is 2.41 bits per heavy atom. The smallest absolute Gasteiger partial charge is 0.247 e. The summed E-state index contributed by atoms with van der Waals surface area (Å²) in [4.78, 5) is 35.3. The van der Waals surface area contributed by atoms with E-state index in [1.54, 1.807) is 19.2 Å². The van der Waals surface area contributed by atoms with E-state index in [2.05, 4.69) is 21.9 Å². The quantitative estimate of drug-likeness (QED) is 0.304. The number of likely N-dealkylation sites (N-methyl/N-ethyl adjacent to an activating group) is 1. The second kappa shape index (κ2) is 13.9. The van der Waals surface area contributed by atoms with Gasteiger partial charge in [-0.05, 0) is 36.1 Å². The SMILES string of the molecule is C=CC(=O)Nc1cc(CCCO)ccc1Cc1cc(N(C)C(=O)Cc2c(Cl)c(OC)cc(OC)c2Cl)ncn1. The average molecular weight is 573 g/mol. The molecule has 11 heteroatoms. The summed E-state index contributed by atoms with van der Waals surface area (Å²) < 4.78 is 10.6. The van der Waals surface area contributed by atoms with Crippen molar-refractivity contribution in [2.75, 3.05) is 38.1 Å². The number of amides is 2. The first-order valence-corrected chi connectivity index (χ1v) is 12.8. The molecule has 39 heavy (non-hydrogen) atoms. The Labute approximate surface area is 237 Å². The zero-order chi connectivity index (χ0) is 28.5. The van der Waals surface area contributed by atoms with E-state index < -0.39 is 0 Å². The molecule has 3 aromatic rings. The Kier molecular flexibility index (Phi) is 10.7. The first-order chi connectivity index (χ1) is 18.7. The number of aryl methyl sites for hydroxylation is 1. The minimum Gasteiger partial charge on any atom is -0.495 e. The number of aliphatic hydroxyl groups is 1. The molecule has 0 unspecified atom stereocenters. The number of rotatable bonds is 12. The molecule has 0 fully saturated rings. The van der Waals surface area contributed by atoms with Crippen LogP contribution in [0.3, 0.4) is 0 Å². The minimum absolute atomic E-state index is 0.0792. The standard InChI is InChI=1S/C28H30Cl2N4O5/c1-5-25(36)33-21-11-17(7-6-10-35)8-9-18(21)12-19-13-24(32-16-31-19)34(2)26(37)14-20-27(29)22(38-3)15-23(39-4)28(20)30/h5,8-9,11,13,15-16,35H,1,6-7,10,12,14H2,2-4H3,(H,33,36). The van der Waals surface area contributed by atoms with Crippen LogP contribution >= 0.6 is 23.2 Å². The van der Waals surface area contributed by atoms with E-state index in [0.29, 0.717) is 53.5 Å². The van der Waals surface area contributed by atoms with Gasteiger partial charge < -0.3 is 19.9 Å². The molecular formula is C28H30Cl2N4O5. The van der Waals surface area contributed by atoms with Gasteiger partial charge in [0.05, 0.1) is 36.4 Å². The number of hydrogen-bond donors (Lipinski definition) is 2. The second-order valence-corrected chi connectivity index (χ2v) is 9.33. The van der Waals surface area contributed by atoms with Crippen molar-refractivity contribution in [1.29, 1.82) is 0 Å². The highest BCUT2D eigenvalue weighted by atomic mass is 35.5. The van der Waals surface area contributed by atoms with Crippen molar-refractivity contribution >= 4 is 46.5 Å². The lowest BCUT2D eigenvalue weighted by atomic mass is 10.0. The van der Waals surface area contributed by atoms with Gasteiger partial charge in [0.25, 0.3) is 0 Å². The van der Waals surface area contributed by atoms with Gasteiger partial charge in [-0.15, -0.1) is 0 Å². The highest BCUT2D eigenvalue weighted by Crippen LogP contribution is 2.40. The lowest BCUT2D eigenvalue weighted by molar-refractivity contribution is -0.117. The zero-order valence-electron chi connectivity index (χ0n) is 22.0. The molecule has 9 nitrogen and oxygen atoms in total. The summed E-state index contributed by atoms with van der Waals surface area (Å²) in [7, 11) is 4.52. The number of nitrogens with one attached hydrogen (secondary N) is 1. The van der Waals surface area contributed by atoms with E-state index in [9.17, 15) is 9.59 Å². The molecular weight excluding hydrogens is 543 g/mol. The van der Waals surface area contributed by atoms with Crippen LogP contribution in [0.25, 0.3) is 0 Å². The molecule has 0 radical (unpaired) electrons. The zero-order valence-corrected chi connectivity index (χ0v) is 23.5. The van der Waals surface area contributed by atoms with E-state index in [-0.39, 0.29) is 34.9 Å². The number of ether oxygens (including phenoxy) is 2. The maximum atomic E-state index is 13.2. The Hall–Kier alpha value is -3.66. The molecule has 0 saturated carbocycles. The molecule has 2 amide bonds. The third-order valence-electron chi connectivity index (χ3n) is 6.03. The first-order valence-electron chi connectivity index (χ1n) is 12.0. The fourth-order valence-corrected chi connectivity index (χ4v) is 4.50. The molecule has 0 spiro atoms. The van der Waals surface area contributed by atoms with Crippen LogP contribution in [0.1, 0.15) is 28.8 Å². The summed E-state index contributed by atoms with van der Waals surface area (Å²) in [5, 5.41) is 12.4. The van der Waals surface area contributed by atoms with E-state index >= 15 is 0 Å². The predicted octanol–water partition coefficient (Wildman–Crippen LogP) is 4.65. The topological polar surface area (TPSA) is 114 Å². The summed E-state index contributed by atoms with van der Waals surface area (Å²) >= 11 is 12.9. The van der Waals surface area contributed by atoms with E-state index in [4.69, 9.17) is 37.8 Å². The molecule has 3 rings (SSSR count). The number of benzene rings is 2. The number of hydrogen-bond acceptors (Lipinski definition) is 7. The Morgan fingerprint density at radius 1 is 1.10 bits per heavy atom. The third-order valence-corrected chi connectivity index (χ3v) is 6.86. The summed E-state index contributed by atoms with van der Waals surface area (Å²) in [5.41, 5.74) is 3.43. The lowest BCUT2D eigenvalue weighted by Crippen LogP contribution is -2.29. The van der Waals surface area contributed by atoms with Crippen LogP contribution in [0.15, 0.2) is 49.3 Å². The highest BCUT2D eigenvalue weighted by Gasteiger charge is 2.22. The van der Waals surface area contributed by atoms with Crippen molar-refractivity contribution in [2.45, 2.75) is 25.7 Å². The number of methoxy groups -OCH3 is 2. The van der Waals surface area contributed by atoms with Crippen molar-refractivity contribution in [2.24, 2.45) is 0 Å². The fraction of sp³-hybridized carbons (Fsp3) is 0.286. The lowest BCUT2D eigenvalue weighted by Gasteiger charge is -2.19. The molecule has 0 atom stereocenters. The van der Waals surface area contributed by atoms with Crippen LogP contribution in [0.4, 0.5) is 11.5 Å². The molecule has 2 aromatic carbocycles. The van der Waals surface area contributed by atoms with Gasteiger partial charge in [0.1, 0.15) is 23.6 Å².